The van der Waals surface area contributed by atoms with Crippen molar-refractivity contribution in [3.05, 3.63) is 51.1 Å². The number of tetrazole rings is 1. The first kappa shape index (κ1) is 26.0. The fourth-order valence-corrected chi connectivity index (χ4v) is 5.14. The summed E-state index contributed by atoms with van der Waals surface area (Å²) in [6.45, 7) is 12.0. The van der Waals surface area contributed by atoms with Crippen LogP contribution in [-0.4, -0.2) is 61.9 Å². The standard InChI is InChI=1S/C26H36N6O4/c1-6-35-22(33)15-32-25(28-29-30-32)24(16(2)3)31(14-21-8-7-9-36-21)13-20-12-19-11-17(4)10-18(5)23(19)27-26(20)34/h10-12,16,21,24H,6-9,13-15H2,1-5H3,(H,27,34)/t21-,24+/m0/s1. The number of rotatable bonds is 10. The van der Waals surface area contributed by atoms with Gasteiger partial charge in [-0.15, -0.1) is 5.10 Å². The van der Waals surface area contributed by atoms with E-state index in [1.807, 2.05) is 13.0 Å². The zero-order valence-corrected chi connectivity index (χ0v) is 21.8. The van der Waals surface area contributed by atoms with E-state index in [0.29, 0.717) is 31.1 Å². The van der Waals surface area contributed by atoms with Crippen molar-refractivity contribution in [3.63, 3.8) is 0 Å². The lowest BCUT2D eigenvalue weighted by Crippen LogP contribution is -2.40. The van der Waals surface area contributed by atoms with Crippen LogP contribution in [0.15, 0.2) is 23.0 Å². The monoisotopic (exact) mass is 496 g/mol. The number of nitrogens with zero attached hydrogens (tertiary/aromatic N) is 5. The number of aryl methyl sites for hydroxylation is 2. The minimum absolute atomic E-state index is 0.0599. The summed E-state index contributed by atoms with van der Waals surface area (Å²) in [6, 6.07) is 5.90. The summed E-state index contributed by atoms with van der Waals surface area (Å²) in [5.41, 5.74) is 3.61. The topological polar surface area (TPSA) is 115 Å². The van der Waals surface area contributed by atoms with Crippen LogP contribution in [0, 0.1) is 19.8 Å². The van der Waals surface area contributed by atoms with Crippen LogP contribution in [0.1, 0.15) is 62.2 Å². The van der Waals surface area contributed by atoms with Gasteiger partial charge in [-0.05, 0) is 73.0 Å². The minimum atomic E-state index is -0.393. The van der Waals surface area contributed by atoms with E-state index in [0.717, 1.165) is 41.5 Å². The number of carbonyl (C=O) groups is 1. The van der Waals surface area contributed by atoms with Gasteiger partial charge in [0, 0.05) is 25.3 Å². The maximum Gasteiger partial charge on any atom is 0.327 e. The molecule has 0 bridgehead atoms. The lowest BCUT2D eigenvalue weighted by Gasteiger charge is -2.34. The molecule has 0 aliphatic carbocycles. The van der Waals surface area contributed by atoms with Gasteiger partial charge < -0.3 is 14.5 Å². The molecule has 194 valence electrons. The molecule has 2 atom stereocenters. The Morgan fingerprint density at radius 3 is 2.81 bits per heavy atom. The van der Waals surface area contributed by atoms with Gasteiger partial charge in [-0.1, -0.05) is 25.5 Å². The summed E-state index contributed by atoms with van der Waals surface area (Å²) < 4.78 is 12.6. The van der Waals surface area contributed by atoms with Crippen molar-refractivity contribution >= 4 is 16.9 Å². The van der Waals surface area contributed by atoms with Crippen LogP contribution in [0.5, 0.6) is 0 Å². The average molecular weight is 497 g/mol. The Bertz CT molecular complexity index is 1260. The van der Waals surface area contributed by atoms with Gasteiger partial charge in [-0.3, -0.25) is 14.5 Å². The van der Waals surface area contributed by atoms with Crippen molar-refractivity contribution in [2.24, 2.45) is 5.92 Å². The third-order valence-corrected chi connectivity index (χ3v) is 6.64. The number of aromatic nitrogens is 5. The Labute approximate surface area is 211 Å². The highest BCUT2D eigenvalue weighted by Crippen LogP contribution is 2.30. The second-order valence-corrected chi connectivity index (χ2v) is 9.92. The van der Waals surface area contributed by atoms with Gasteiger partial charge in [-0.2, -0.15) is 0 Å². The molecule has 3 heterocycles. The lowest BCUT2D eigenvalue weighted by atomic mass is 9.99. The second-order valence-electron chi connectivity index (χ2n) is 9.92. The number of H-pyrrole nitrogens is 1. The van der Waals surface area contributed by atoms with E-state index in [2.05, 4.69) is 58.3 Å². The summed E-state index contributed by atoms with van der Waals surface area (Å²) in [5, 5.41) is 13.3. The molecule has 3 aromatic rings. The maximum absolute atomic E-state index is 13.2. The molecule has 0 amide bonds. The molecule has 36 heavy (non-hydrogen) atoms. The molecule has 0 unspecified atom stereocenters. The molecule has 1 aliphatic heterocycles. The van der Waals surface area contributed by atoms with E-state index in [9.17, 15) is 9.59 Å². The Balaban J connectivity index is 1.72. The van der Waals surface area contributed by atoms with Crippen molar-refractivity contribution < 1.29 is 14.3 Å². The van der Waals surface area contributed by atoms with E-state index in [-0.39, 0.29) is 30.2 Å². The Kier molecular flexibility index (Phi) is 8.15. The number of nitrogens with one attached hydrogen (secondary N) is 1. The fraction of sp³-hybridized carbons (Fsp3) is 0.577. The Hall–Kier alpha value is -3.11. The van der Waals surface area contributed by atoms with Crippen molar-refractivity contribution in [2.75, 3.05) is 19.8 Å². The first-order chi connectivity index (χ1) is 17.3. The van der Waals surface area contributed by atoms with Gasteiger partial charge in [0.15, 0.2) is 5.82 Å². The molecule has 1 aliphatic rings. The highest BCUT2D eigenvalue weighted by atomic mass is 16.5. The first-order valence-corrected chi connectivity index (χ1v) is 12.7. The molecule has 4 rings (SSSR count). The molecule has 1 aromatic carbocycles. The molecule has 1 saturated heterocycles. The van der Waals surface area contributed by atoms with Crippen LogP contribution >= 0.6 is 0 Å². The van der Waals surface area contributed by atoms with Gasteiger partial charge in [0.2, 0.25) is 0 Å². The Morgan fingerprint density at radius 2 is 2.11 bits per heavy atom. The van der Waals surface area contributed by atoms with Crippen LogP contribution in [-0.2, 0) is 27.4 Å². The fourth-order valence-electron chi connectivity index (χ4n) is 5.14. The minimum Gasteiger partial charge on any atom is -0.465 e. The zero-order valence-electron chi connectivity index (χ0n) is 21.8. The molecule has 1 fully saturated rings. The number of hydrogen-bond donors (Lipinski definition) is 1. The van der Waals surface area contributed by atoms with Gasteiger partial charge >= 0.3 is 5.97 Å². The molecular formula is C26H36N6O4. The lowest BCUT2D eigenvalue weighted by molar-refractivity contribution is -0.144. The van der Waals surface area contributed by atoms with E-state index in [1.165, 1.54) is 4.68 Å². The predicted octanol–water partition coefficient (Wildman–Crippen LogP) is 3.07. The van der Waals surface area contributed by atoms with E-state index >= 15 is 0 Å². The summed E-state index contributed by atoms with van der Waals surface area (Å²) in [7, 11) is 0. The van der Waals surface area contributed by atoms with Gasteiger partial charge in [0.1, 0.15) is 6.54 Å². The van der Waals surface area contributed by atoms with Crippen LogP contribution in [0.4, 0.5) is 0 Å². The smallest absolute Gasteiger partial charge is 0.327 e. The average Bonchev–Trinajstić information content (AvgIpc) is 3.47. The van der Waals surface area contributed by atoms with Crippen molar-refractivity contribution in [3.8, 4) is 0 Å². The SMILES string of the molecule is CCOC(=O)Cn1nnnc1[C@@H](C(C)C)N(Cc1cc2cc(C)cc(C)c2[nH]c1=O)C[C@@H]1CCCO1. The highest BCUT2D eigenvalue weighted by Gasteiger charge is 2.33. The Morgan fingerprint density at radius 1 is 1.31 bits per heavy atom. The number of esters is 1. The van der Waals surface area contributed by atoms with Crippen LogP contribution in [0.3, 0.4) is 0 Å². The number of carbonyl (C=O) groups excluding carboxylic acids is 1. The molecule has 0 spiro atoms. The number of fused-ring (bicyclic) bond motifs is 1. The molecule has 10 heteroatoms. The molecule has 10 nitrogen and oxygen atoms in total. The van der Waals surface area contributed by atoms with Crippen LogP contribution in [0.25, 0.3) is 10.9 Å². The maximum atomic E-state index is 13.2. The van der Waals surface area contributed by atoms with Crippen LogP contribution < -0.4 is 5.56 Å². The third-order valence-electron chi connectivity index (χ3n) is 6.64. The molecule has 0 saturated carbocycles. The van der Waals surface area contributed by atoms with E-state index < -0.39 is 5.97 Å². The number of benzene rings is 1. The highest BCUT2D eigenvalue weighted by molar-refractivity contribution is 5.82. The third kappa shape index (κ3) is 5.82. The summed E-state index contributed by atoms with van der Waals surface area (Å²) in [6.07, 6.45) is 2.03. The van der Waals surface area contributed by atoms with Crippen molar-refractivity contribution in [1.82, 2.24) is 30.1 Å². The van der Waals surface area contributed by atoms with Gasteiger partial charge in [0.25, 0.3) is 5.56 Å². The van der Waals surface area contributed by atoms with Gasteiger partial charge in [0.05, 0.1) is 24.3 Å². The first-order valence-electron chi connectivity index (χ1n) is 12.7. The van der Waals surface area contributed by atoms with E-state index in [4.69, 9.17) is 9.47 Å². The largest absolute Gasteiger partial charge is 0.465 e. The summed E-state index contributed by atoms with van der Waals surface area (Å²) >= 11 is 0. The summed E-state index contributed by atoms with van der Waals surface area (Å²) in [5.74, 6) is 0.276. The van der Waals surface area contributed by atoms with Crippen LogP contribution in [0.2, 0.25) is 0 Å². The number of aromatic amines is 1. The number of hydrogen-bond acceptors (Lipinski definition) is 8. The molecular weight excluding hydrogens is 460 g/mol. The van der Waals surface area contributed by atoms with Gasteiger partial charge in [-0.25, -0.2) is 4.68 Å². The van der Waals surface area contributed by atoms with E-state index in [1.54, 1.807) is 6.92 Å². The molecule has 2 aromatic heterocycles. The molecule has 1 N–H and O–H groups in total. The second kappa shape index (κ2) is 11.3. The number of pyridine rings is 1. The van der Waals surface area contributed by atoms with Crippen molar-refractivity contribution in [1.29, 1.82) is 0 Å². The summed E-state index contributed by atoms with van der Waals surface area (Å²) in [4.78, 5) is 30.7. The predicted molar refractivity (Wildman–Crippen MR) is 135 cm³/mol. The normalized spacial score (nSPS) is 16.8. The molecule has 0 radical (unpaired) electrons. The van der Waals surface area contributed by atoms with Crippen molar-refractivity contribution in [2.45, 2.75) is 72.7 Å². The quantitative estimate of drug-likeness (QED) is 0.426. The zero-order chi connectivity index (χ0) is 25.8. The number of ether oxygens (including phenoxy) is 2.